The number of hydrogen-bond donors (Lipinski definition) is 0. The Hall–Kier alpha value is 0.470. The minimum absolute atomic E-state index is 1.31. The summed E-state index contributed by atoms with van der Waals surface area (Å²) in [5.74, 6) is 0. The Labute approximate surface area is 83.6 Å². The van der Waals surface area contributed by atoms with Gasteiger partial charge < -0.3 is 0 Å². The molecule has 1 aliphatic rings. The van der Waals surface area contributed by atoms with Gasteiger partial charge in [0, 0.05) is 0 Å². The van der Waals surface area contributed by atoms with E-state index in [-0.39, 0.29) is 0 Å². The fourth-order valence-corrected chi connectivity index (χ4v) is 2.03. The Bertz CT molecular complexity index is 119. The van der Waals surface area contributed by atoms with Gasteiger partial charge in [-0.15, -0.1) is 0 Å². The molecule has 0 aromatic heterocycles. The van der Waals surface area contributed by atoms with Crippen molar-refractivity contribution in [3.8, 4) is 0 Å². The van der Waals surface area contributed by atoms with Crippen LogP contribution in [-0.4, -0.2) is 4.43 Å². The van der Waals surface area contributed by atoms with Crippen molar-refractivity contribution in [2.24, 2.45) is 0 Å². The first kappa shape index (κ1) is 9.56. The SMILES string of the molecule is ICCCC=C1CCCCC1. The first-order chi connectivity index (χ1) is 5.43. The molecule has 1 rings (SSSR count). The summed E-state index contributed by atoms with van der Waals surface area (Å²) in [6.07, 6.45) is 12.3. The Kier molecular flexibility index (Phi) is 5.25. The summed E-state index contributed by atoms with van der Waals surface area (Å²) in [5.41, 5.74) is 1.74. The zero-order valence-electron chi connectivity index (χ0n) is 7.11. The third-order valence-corrected chi connectivity index (χ3v) is 3.03. The van der Waals surface area contributed by atoms with Gasteiger partial charge in [-0.1, -0.05) is 40.7 Å². The molecule has 0 aromatic rings. The predicted molar refractivity (Wildman–Crippen MR) is 59.3 cm³/mol. The molecular formula is C10H17I. The number of alkyl halides is 1. The van der Waals surface area contributed by atoms with Crippen LogP contribution in [0.4, 0.5) is 0 Å². The summed E-state index contributed by atoms with van der Waals surface area (Å²) in [7, 11) is 0. The maximum atomic E-state index is 2.48. The highest BCUT2D eigenvalue weighted by molar-refractivity contribution is 14.1. The lowest BCUT2D eigenvalue weighted by Gasteiger charge is -2.12. The van der Waals surface area contributed by atoms with E-state index in [0.29, 0.717) is 0 Å². The highest BCUT2D eigenvalue weighted by Crippen LogP contribution is 2.23. The molecule has 0 amide bonds. The second kappa shape index (κ2) is 6.04. The van der Waals surface area contributed by atoms with Gasteiger partial charge in [-0.2, -0.15) is 0 Å². The smallest absolute Gasteiger partial charge is 0.000178 e. The van der Waals surface area contributed by atoms with Crippen molar-refractivity contribution < 1.29 is 0 Å². The summed E-state index contributed by atoms with van der Waals surface area (Å²) in [6.45, 7) is 0. The third-order valence-electron chi connectivity index (χ3n) is 2.27. The molecule has 0 atom stereocenters. The van der Waals surface area contributed by atoms with Gasteiger partial charge in [-0.3, -0.25) is 0 Å². The molecule has 11 heavy (non-hydrogen) atoms. The van der Waals surface area contributed by atoms with Crippen LogP contribution in [0.1, 0.15) is 44.9 Å². The lowest BCUT2D eigenvalue weighted by atomic mass is 9.94. The van der Waals surface area contributed by atoms with Crippen LogP contribution in [0.25, 0.3) is 0 Å². The van der Waals surface area contributed by atoms with Crippen LogP contribution in [0.15, 0.2) is 11.6 Å². The quantitative estimate of drug-likeness (QED) is 0.311. The molecule has 1 heteroatoms. The molecule has 0 spiro atoms. The first-order valence-electron chi connectivity index (χ1n) is 4.67. The highest BCUT2D eigenvalue weighted by atomic mass is 127. The van der Waals surface area contributed by atoms with Crippen molar-refractivity contribution in [1.82, 2.24) is 0 Å². The number of allylic oxidation sites excluding steroid dienone is 2. The van der Waals surface area contributed by atoms with Crippen LogP contribution in [-0.2, 0) is 0 Å². The van der Waals surface area contributed by atoms with E-state index in [1.165, 1.54) is 49.4 Å². The minimum atomic E-state index is 1.31. The molecule has 64 valence electrons. The molecule has 1 fully saturated rings. The molecule has 0 aromatic carbocycles. The fraction of sp³-hybridized carbons (Fsp3) is 0.800. The second-order valence-electron chi connectivity index (χ2n) is 3.25. The van der Waals surface area contributed by atoms with Gasteiger partial charge in [-0.05, 0) is 43.0 Å². The van der Waals surface area contributed by atoms with E-state index >= 15 is 0 Å². The van der Waals surface area contributed by atoms with E-state index in [1.807, 2.05) is 0 Å². The van der Waals surface area contributed by atoms with Gasteiger partial charge in [0.2, 0.25) is 0 Å². The molecule has 1 saturated carbocycles. The third kappa shape index (κ3) is 4.14. The molecule has 0 unspecified atom stereocenters. The van der Waals surface area contributed by atoms with Crippen LogP contribution >= 0.6 is 22.6 Å². The lowest BCUT2D eigenvalue weighted by molar-refractivity contribution is 0.596. The summed E-state index contributed by atoms with van der Waals surface area (Å²) >= 11 is 2.45. The molecule has 1 aliphatic carbocycles. The van der Waals surface area contributed by atoms with Crippen molar-refractivity contribution in [2.45, 2.75) is 44.9 Å². The minimum Gasteiger partial charge on any atom is -0.0864 e. The van der Waals surface area contributed by atoms with Crippen molar-refractivity contribution >= 4 is 22.6 Å². The van der Waals surface area contributed by atoms with Gasteiger partial charge >= 0.3 is 0 Å². The van der Waals surface area contributed by atoms with Crippen LogP contribution in [0.3, 0.4) is 0 Å². The normalized spacial score (nSPS) is 18.5. The van der Waals surface area contributed by atoms with Crippen molar-refractivity contribution in [3.63, 3.8) is 0 Å². The number of rotatable bonds is 3. The highest BCUT2D eigenvalue weighted by Gasteiger charge is 2.03. The monoisotopic (exact) mass is 264 g/mol. The largest absolute Gasteiger partial charge is 0.0864 e. The van der Waals surface area contributed by atoms with E-state index in [0.717, 1.165) is 0 Å². The Morgan fingerprint density at radius 1 is 1.18 bits per heavy atom. The molecule has 0 saturated heterocycles. The lowest BCUT2D eigenvalue weighted by Crippen LogP contribution is -1.93. The van der Waals surface area contributed by atoms with Gasteiger partial charge in [0.1, 0.15) is 0 Å². The van der Waals surface area contributed by atoms with E-state index in [4.69, 9.17) is 0 Å². The fourth-order valence-electron chi connectivity index (χ4n) is 1.59. The molecule has 0 bridgehead atoms. The van der Waals surface area contributed by atoms with Crippen molar-refractivity contribution in [2.75, 3.05) is 4.43 Å². The zero-order chi connectivity index (χ0) is 7.94. The molecule has 0 radical (unpaired) electrons. The number of unbranched alkanes of at least 4 members (excludes halogenated alkanes) is 1. The van der Waals surface area contributed by atoms with Crippen LogP contribution < -0.4 is 0 Å². The first-order valence-corrected chi connectivity index (χ1v) is 6.20. The van der Waals surface area contributed by atoms with Gasteiger partial charge in [0.15, 0.2) is 0 Å². The van der Waals surface area contributed by atoms with E-state index < -0.39 is 0 Å². The maximum Gasteiger partial charge on any atom is -0.000178 e. The van der Waals surface area contributed by atoms with Crippen LogP contribution in [0, 0.1) is 0 Å². The summed E-state index contributed by atoms with van der Waals surface area (Å²) in [5, 5.41) is 0. The zero-order valence-corrected chi connectivity index (χ0v) is 9.27. The topological polar surface area (TPSA) is 0 Å². The Morgan fingerprint density at radius 3 is 2.55 bits per heavy atom. The van der Waals surface area contributed by atoms with Crippen molar-refractivity contribution in [3.05, 3.63) is 11.6 Å². The number of hydrogen-bond acceptors (Lipinski definition) is 0. The van der Waals surface area contributed by atoms with E-state index in [2.05, 4.69) is 28.7 Å². The molecule has 0 nitrogen and oxygen atoms in total. The second-order valence-corrected chi connectivity index (χ2v) is 4.33. The predicted octanol–water partition coefficient (Wildman–Crippen LogP) is 4.09. The summed E-state index contributed by atoms with van der Waals surface area (Å²) in [4.78, 5) is 0. The molecular weight excluding hydrogens is 247 g/mol. The van der Waals surface area contributed by atoms with Gasteiger partial charge in [0.05, 0.1) is 0 Å². The van der Waals surface area contributed by atoms with E-state index in [9.17, 15) is 0 Å². The van der Waals surface area contributed by atoms with Crippen molar-refractivity contribution in [1.29, 1.82) is 0 Å². The summed E-state index contributed by atoms with van der Waals surface area (Å²) in [6, 6.07) is 0. The average Bonchev–Trinajstić information content (AvgIpc) is 2.07. The molecule has 0 heterocycles. The average molecular weight is 264 g/mol. The van der Waals surface area contributed by atoms with Gasteiger partial charge in [-0.25, -0.2) is 0 Å². The van der Waals surface area contributed by atoms with Gasteiger partial charge in [0.25, 0.3) is 0 Å². The Balaban J connectivity index is 2.15. The molecule has 0 N–H and O–H groups in total. The van der Waals surface area contributed by atoms with E-state index in [1.54, 1.807) is 5.57 Å². The number of halogens is 1. The standard InChI is InChI=1S/C10H17I/c11-9-5-4-8-10-6-2-1-3-7-10/h8H,1-7,9H2. The Morgan fingerprint density at radius 2 is 1.91 bits per heavy atom. The van der Waals surface area contributed by atoms with Crippen LogP contribution in [0.5, 0.6) is 0 Å². The summed E-state index contributed by atoms with van der Waals surface area (Å²) < 4.78 is 1.31. The van der Waals surface area contributed by atoms with Crippen LogP contribution in [0.2, 0.25) is 0 Å². The maximum absolute atomic E-state index is 2.48. The molecule has 0 aliphatic heterocycles.